The Morgan fingerprint density at radius 3 is 2.73 bits per heavy atom. The number of carbonyl (C=O) groups is 2. The van der Waals surface area contributed by atoms with Gasteiger partial charge in [-0.3, -0.25) is 19.5 Å². The second-order valence-electron chi connectivity index (χ2n) is 7.77. The molecule has 3 heterocycles. The first-order valence-corrected chi connectivity index (χ1v) is 10.7. The van der Waals surface area contributed by atoms with Crippen LogP contribution in [0, 0.1) is 0 Å². The zero-order chi connectivity index (χ0) is 20.8. The molecule has 0 bridgehead atoms. The molecule has 7 heteroatoms. The van der Waals surface area contributed by atoms with Gasteiger partial charge in [0.2, 0.25) is 5.91 Å². The van der Waals surface area contributed by atoms with Crippen molar-refractivity contribution < 1.29 is 14.3 Å². The second kappa shape index (κ2) is 9.71. The predicted molar refractivity (Wildman–Crippen MR) is 115 cm³/mol. The fourth-order valence-electron chi connectivity index (χ4n) is 3.89. The molecule has 0 radical (unpaired) electrons. The van der Waals surface area contributed by atoms with Crippen LogP contribution in [0.2, 0.25) is 0 Å². The first-order chi connectivity index (χ1) is 14.7. The molecule has 0 saturated carbocycles. The van der Waals surface area contributed by atoms with Gasteiger partial charge in [0, 0.05) is 50.6 Å². The predicted octanol–water partition coefficient (Wildman–Crippen LogP) is 2.58. The summed E-state index contributed by atoms with van der Waals surface area (Å²) in [6.45, 7) is 4.94. The van der Waals surface area contributed by atoms with Crippen LogP contribution < -0.4 is 10.1 Å². The SMILES string of the molecule is O=C1CCc2ccc(OCCCCN3CCN(C(=O)c4ccccn4)CC3)cc2N1. The Labute approximate surface area is 177 Å². The molecule has 1 aromatic heterocycles. The van der Waals surface area contributed by atoms with E-state index in [-0.39, 0.29) is 11.8 Å². The molecule has 2 aliphatic heterocycles. The van der Waals surface area contributed by atoms with Crippen molar-refractivity contribution in [2.24, 2.45) is 0 Å². The lowest BCUT2D eigenvalue weighted by Gasteiger charge is -2.34. The van der Waals surface area contributed by atoms with Crippen LogP contribution in [-0.4, -0.2) is 65.9 Å². The molecule has 2 aliphatic rings. The molecule has 0 aliphatic carbocycles. The van der Waals surface area contributed by atoms with E-state index < -0.39 is 0 Å². The number of amides is 2. The number of anilines is 1. The van der Waals surface area contributed by atoms with E-state index in [2.05, 4.69) is 15.2 Å². The fraction of sp³-hybridized carbons (Fsp3) is 0.435. The number of carbonyl (C=O) groups excluding carboxylic acids is 2. The van der Waals surface area contributed by atoms with Crippen molar-refractivity contribution in [1.82, 2.24) is 14.8 Å². The number of piperazine rings is 1. The van der Waals surface area contributed by atoms with Gasteiger partial charge in [0.1, 0.15) is 11.4 Å². The smallest absolute Gasteiger partial charge is 0.272 e. The quantitative estimate of drug-likeness (QED) is 0.713. The maximum atomic E-state index is 12.5. The average Bonchev–Trinajstić information content (AvgIpc) is 2.79. The number of ether oxygens (including phenoxy) is 1. The Kier molecular flexibility index (Phi) is 6.59. The third-order valence-corrected chi connectivity index (χ3v) is 5.66. The van der Waals surface area contributed by atoms with Gasteiger partial charge in [-0.2, -0.15) is 0 Å². The lowest BCUT2D eigenvalue weighted by atomic mass is 10.0. The summed E-state index contributed by atoms with van der Waals surface area (Å²) in [6.07, 6.45) is 5.03. The van der Waals surface area contributed by atoms with Crippen molar-refractivity contribution in [1.29, 1.82) is 0 Å². The fourth-order valence-corrected chi connectivity index (χ4v) is 3.89. The molecule has 7 nitrogen and oxygen atoms in total. The van der Waals surface area contributed by atoms with Gasteiger partial charge >= 0.3 is 0 Å². The summed E-state index contributed by atoms with van der Waals surface area (Å²) in [5.41, 5.74) is 2.56. The summed E-state index contributed by atoms with van der Waals surface area (Å²) in [5.74, 6) is 0.893. The highest BCUT2D eigenvalue weighted by atomic mass is 16.5. The van der Waals surface area contributed by atoms with E-state index in [0.29, 0.717) is 18.7 Å². The molecule has 0 atom stereocenters. The maximum absolute atomic E-state index is 12.5. The number of nitrogens with zero attached hydrogens (tertiary/aromatic N) is 3. The van der Waals surface area contributed by atoms with Crippen LogP contribution in [0.5, 0.6) is 5.75 Å². The van der Waals surface area contributed by atoms with Gasteiger partial charge in [-0.05, 0) is 49.6 Å². The summed E-state index contributed by atoms with van der Waals surface area (Å²) in [6, 6.07) is 11.4. The van der Waals surface area contributed by atoms with E-state index in [4.69, 9.17) is 4.74 Å². The summed E-state index contributed by atoms with van der Waals surface area (Å²) >= 11 is 0. The minimum absolute atomic E-state index is 0.0184. The number of aryl methyl sites for hydroxylation is 1. The van der Waals surface area contributed by atoms with Crippen molar-refractivity contribution in [3.63, 3.8) is 0 Å². The van der Waals surface area contributed by atoms with Gasteiger partial charge in [-0.15, -0.1) is 0 Å². The number of hydrogen-bond donors (Lipinski definition) is 1. The van der Waals surface area contributed by atoms with Gasteiger partial charge in [0.05, 0.1) is 6.61 Å². The van der Waals surface area contributed by atoms with Gasteiger partial charge < -0.3 is 15.0 Å². The molecule has 2 amide bonds. The molecule has 1 aromatic carbocycles. The highest BCUT2D eigenvalue weighted by Crippen LogP contribution is 2.27. The van der Waals surface area contributed by atoms with E-state index in [1.54, 1.807) is 12.3 Å². The number of fused-ring (bicyclic) bond motifs is 1. The van der Waals surface area contributed by atoms with E-state index in [1.165, 1.54) is 5.56 Å². The molecular formula is C23H28N4O3. The Hall–Kier alpha value is -2.93. The first-order valence-electron chi connectivity index (χ1n) is 10.7. The van der Waals surface area contributed by atoms with Crippen molar-refractivity contribution in [3.8, 4) is 5.75 Å². The zero-order valence-corrected chi connectivity index (χ0v) is 17.2. The molecule has 30 heavy (non-hydrogen) atoms. The van der Waals surface area contributed by atoms with Crippen molar-refractivity contribution in [2.75, 3.05) is 44.6 Å². The van der Waals surface area contributed by atoms with Crippen LogP contribution in [0.25, 0.3) is 0 Å². The van der Waals surface area contributed by atoms with Crippen molar-refractivity contribution >= 4 is 17.5 Å². The van der Waals surface area contributed by atoms with Crippen LogP contribution in [0.3, 0.4) is 0 Å². The Bertz CT molecular complexity index is 879. The third kappa shape index (κ3) is 5.16. The van der Waals surface area contributed by atoms with Gasteiger partial charge in [-0.1, -0.05) is 12.1 Å². The number of rotatable bonds is 7. The molecule has 1 N–H and O–H groups in total. The first kappa shape index (κ1) is 20.3. The van der Waals surface area contributed by atoms with E-state index >= 15 is 0 Å². The molecule has 0 unspecified atom stereocenters. The Morgan fingerprint density at radius 1 is 1.07 bits per heavy atom. The molecule has 1 fully saturated rings. The highest BCUT2D eigenvalue weighted by molar-refractivity contribution is 5.94. The lowest BCUT2D eigenvalue weighted by Crippen LogP contribution is -2.49. The number of aromatic nitrogens is 1. The standard InChI is InChI=1S/C23H28N4O3/c28-22-9-7-18-6-8-19(17-21(18)25-22)30-16-4-3-11-26-12-14-27(15-13-26)23(29)20-5-1-2-10-24-20/h1-2,5-6,8,10,17H,3-4,7,9,11-16H2,(H,25,28). The number of pyridine rings is 1. The second-order valence-corrected chi connectivity index (χ2v) is 7.77. The van der Waals surface area contributed by atoms with Crippen molar-refractivity contribution in [2.45, 2.75) is 25.7 Å². The van der Waals surface area contributed by atoms with E-state index in [1.807, 2.05) is 35.2 Å². The van der Waals surface area contributed by atoms with E-state index in [0.717, 1.165) is 63.4 Å². The maximum Gasteiger partial charge on any atom is 0.272 e. The van der Waals surface area contributed by atoms with E-state index in [9.17, 15) is 9.59 Å². The number of benzene rings is 1. The molecule has 2 aromatic rings. The molecule has 4 rings (SSSR count). The van der Waals surface area contributed by atoms with Crippen LogP contribution in [0.15, 0.2) is 42.6 Å². The monoisotopic (exact) mass is 408 g/mol. The van der Waals surface area contributed by atoms with Crippen LogP contribution in [0.1, 0.15) is 35.3 Å². The van der Waals surface area contributed by atoms with Gasteiger partial charge in [0.25, 0.3) is 5.91 Å². The zero-order valence-electron chi connectivity index (χ0n) is 17.2. The van der Waals surface area contributed by atoms with Crippen molar-refractivity contribution in [3.05, 3.63) is 53.9 Å². The molecule has 158 valence electrons. The normalized spacial score (nSPS) is 16.7. The van der Waals surface area contributed by atoms with Crippen LogP contribution in [0.4, 0.5) is 5.69 Å². The van der Waals surface area contributed by atoms with Crippen LogP contribution >= 0.6 is 0 Å². The summed E-state index contributed by atoms with van der Waals surface area (Å²) in [4.78, 5) is 32.4. The minimum atomic E-state index is 0.0184. The highest BCUT2D eigenvalue weighted by Gasteiger charge is 2.22. The Morgan fingerprint density at radius 2 is 1.93 bits per heavy atom. The average molecular weight is 409 g/mol. The third-order valence-electron chi connectivity index (χ3n) is 5.66. The topological polar surface area (TPSA) is 74.8 Å². The number of hydrogen-bond acceptors (Lipinski definition) is 5. The summed E-state index contributed by atoms with van der Waals surface area (Å²) < 4.78 is 5.86. The molecular weight excluding hydrogens is 380 g/mol. The number of unbranched alkanes of at least 4 members (excludes halogenated alkanes) is 1. The van der Waals surface area contributed by atoms with Gasteiger partial charge in [0.15, 0.2) is 0 Å². The molecule has 0 spiro atoms. The van der Waals surface area contributed by atoms with Gasteiger partial charge in [-0.25, -0.2) is 0 Å². The van der Waals surface area contributed by atoms with Crippen LogP contribution in [-0.2, 0) is 11.2 Å². The summed E-state index contributed by atoms with van der Waals surface area (Å²) in [5, 5.41) is 2.91. The lowest BCUT2D eigenvalue weighted by molar-refractivity contribution is -0.116. The minimum Gasteiger partial charge on any atom is -0.494 e. The summed E-state index contributed by atoms with van der Waals surface area (Å²) in [7, 11) is 0. The Balaban J connectivity index is 1.13. The molecule has 1 saturated heterocycles. The number of nitrogens with one attached hydrogen (secondary N) is 1. The largest absolute Gasteiger partial charge is 0.494 e.